The third kappa shape index (κ3) is 22.6. The van der Waals surface area contributed by atoms with Gasteiger partial charge in [-0.25, -0.2) is 0 Å². The first-order valence-corrected chi connectivity index (χ1v) is 13.7. The van der Waals surface area contributed by atoms with E-state index in [1.165, 1.54) is 0 Å². The van der Waals surface area contributed by atoms with Crippen molar-refractivity contribution in [3.8, 4) is 0 Å². The number of hydrogen-bond donors (Lipinski definition) is 0. The van der Waals surface area contributed by atoms with Crippen LogP contribution >= 0.6 is 11.4 Å². The van der Waals surface area contributed by atoms with Gasteiger partial charge in [-0.2, -0.15) is 0 Å². The van der Waals surface area contributed by atoms with Gasteiger partial charge in [0.15, 0.2) is 0 Å². The topological polar surface area (TPSA) is 54.0 Å². The van der Waals surface area contributed by atoms with Crippen LogP contribution in [0, 0.1) is 0 Å². The summed E-state index contributed by atoms with van der Waals surface area (Å²) >= 11 is 20.0. The van der Waals surface area contributed by atoms with Crippen molar-refractivity contribution in [3.63, 3.8) is 0 Å². The summed E-state index contributed by atoms with van der Waals surface area (Å²) in [6.45, 7) is 9.58. The molecule has 0 aliphatic carbocycles. The predicted octanol–water partition coefficient (Wildman–Crippen LogP) is 3.54. The monoisotopic (exact) mass is 484 g/mol. The van der Waals surface area contributed by atoms with Gasteiger partial charge >= 0.3 is 23.2 Å². The second-order valence-electron chi connectivity index (χ2n) is 2.57. The van der Waals surface area contributed by atoms with Crippen molar-refractivity contribution in [2.75, 3.05) is 26.4 Å². The molecule has 0 amide bonds. The van der Waals surface area contributed by atoms with E-state index < -0.39 is 11.4 Å². The first-order valence-electron chi connectivity index (χ1n) is 5.61. The van der Waals surface area contributed by atoms with Crippen LogP contribution in [0.25, 0.3) is 0 Å². The van der Waals surface area contributed by atoms with Gasteiger partial charge in [0, 0.05) is 26.4 Å². The van der Waals surface area contributed by atoms with Gasteiger partial charge in [-0.15, -0.1) is 0 Å². The fraction of sp³-hybridized carbons (Fsp3) is 1.00. The van der Waals surface area contributed by atoms with Gasteiger partial charge < -0.3 is 42.6 Å². The number of rotatable bonds is 8. The van der Waals surface area contributed by atoms with Crippen LogP contribution in [0.15, 0.2) is 0 Å². The van der Waals surface area contributed by atoms with E-state index in [0.29, 0.717) is 46.2 Å². The van der Waals surface area contributed by atoms with Crippen LogP contribution < -0.4 is 0 Å². The van der Waals surface area contributed by atoms with Gasteiger partial charge in [-0.3, -0.25) is 0 Å². The van der Waals surface area contributed by atoms with E-state index in [-0.39, 0.29) is 0 Å². The molecule has 0 heterocycles. The Labute approximate surface area is 154 Å². The zero-order valence-corrected chi connectivity index (χ0v) is 18.9. The molecule has 20 heavy (non-hydrogen) atoms. The van der Waals surface area contributed by atoms with Crippen molar-refractivity contribution in [1.82, 2.24) is 0 Å². The van der Waals surface area contributed by atoms with Crippen molar-refractivity contribution in [1.29, 1.82) is 0 Å². The Morgan fingerprint density at radius 2 is 0.900 bits per heavy atom. The summed E-state index contributed by atoms with van der Waals surface area (Å²) < 4.78 is 28.2. The fourth-order valence-corrected chi connectivity index (χ4v) is 4.65. The van der Waals surface area contributed by atoms with E-state index >= 15 is 0 Å². The maximum atomic E-state index is 8.26. The maximum absolute atomic E-state index is 8.26. The molecular weight excluding hydrogens is 462 g/mol. The van der Waals surface area contributed by atoms with Crippen LogP contribution in [0.5, 0.6) is 0 Å². The fourth-order valence-electron chi connectivity index (χ4n) is 0.707. The van der Waals surface area contributed by atoms with Crippen LogP contribution in [0.4, 0.5) is 0 Å². The Balaban J connectivity index is -0.000000257. The Hall–Kier alpha value is 2.33. The van der Waals surface area contributed by atoms with Gasteiger partial charge in [0.25, 0.3) is 0 Å². The molecule has 0 N–H and O–H groups in total. The summed E-state index contributed by atoms with van der Waals surface area (Å²) in [7, 11) is 0. The van der Waals surface area contributed by atoms with Crippen LogP contribution in [0.2, 0.25) is 0 Å². The summed E-state index contributed by atoms with van der Waals surface area (Å²) in [6.07, 6.45) is 0. The second kappa shape index (κ2) is 17.7. The molecule has 0 aromatic heterocycles. The van der Waals surface area contributed by atoms with E-state index in [2.05, 4.69) is 0 Å². The van der Waals surface area contributed by atoms with Gasteiger partial charge in [-0.1, -0.05) is 23.6 Å². The first kappa shape index (κ1) is 27.2. The van der Waals surface area contributed by atoms with Crippen molar-refractivity contribution in [2.45, 2.75) is 27.7 Å². The second-order valence-corrected chi connectivity index (χ2v) is 12.5. The van der Waals surface area contributed by atoms with Gasteiger partial charge in [0.1, 0.15) is 0 Å². The van der Waals surface area contributed by atoms with Crippen molar-refractivity contribution in [2.24, 2.45) is 0 Å². The molecule has 12 heteroatoms. The molecule has 0 atom stereocenters. The van der Waals surface area contributed by atoms with Crippen LogP contribution in [-0.4, -0.2) is 26.4 Å². The summed E-state index contributed by atoms with van der Waals surface area (Å²) in [5, 5.41) is 0. The van der Waals surface area contributed by atoms with E-state index in [1.54, 1.807) is 0 Å². The molecular formula is C8H20MoO5P2S4-2. The Morgan fingerprint density at radius 3 is 1.00 bits per heavy atom. The zero-order valence-electron chi connectivity index (χ0n) is 11.8. The quantitative estimate of drug-likeness (QED) is 0.294. The third-order valence-electron chi connectivity index (χ3n) is 1.15. The van der Waals surface area contributed by atoms with Gasteiger partial charge in [-0.05, 0) is 27.7 Å². The SMILES string of the molecule is CCOP(=S)([S-])OCC.CCOP(=S)([S-])OCC.[O]=[Mo]. The predicted molar refractivity (Wildman–Crippen MR) is 90.5 cm³/mol. The number of hydrogen-bond acceptors (Lipinski definition) is 9. The van der Waals surface area contributed by atoms with Crippen LogP contribution in [-0.2, 0) is 89.4 Å². The first-order chi connectivity index (χ1) is 9.24. The molecule has 0 radical (unpaired) electrons. The van der Waals surface area contributed by atoms with Gasteiger partial charge in [0.05, 0.1) is 11.4 Å². The summed E-state index contributed by atoms with van der Waals surface area (Å²) in [4.78, 5) is 0. The van der Waals surface area contributed by atoms with E-state index in [9.17, 15) is 0 Å². The molecule has 0 aromatic rings. The Bertz CT molecular complexity index is 263. The molecule has 5 nitrogen and oxygen atoms in total. The van der Waals surface area contributed by atoms with Crippen LogP contribution in [0.3, 0.4) is 0 Å². The van der Waals surface area contributed by atoms with Crippen molar-refractivity contribution in [3.05, 3.63) is 0 Å². The molecule has 0 aliphatic heterocycles. The summed E-state index contributed by atoms with van der Waals surface area (Å²) in [5.41, 5.74) is -4.55. The average molecular weight is 482 g/mol. The molecule has 0 aromatic carbocycles. The molecule has 0 aliphatic rings. The minimum absolute atomic E-state index is 0.542. The van der Waals surface area contributed by atoms with Crippen LogP contribution in [0.1, 0.15) is 27.7 Å². The molecule has 0 saturated carbocycles. The third-order valence-corrected chi connectivity index (χ3v) is 5.98. The molecule has 0 bridgehead atoms. The van der Waals surface area contributed by atoms with Crippen molar-refractivity contribution < 1.29 is 41.3 Å². The van der Waals surface area contributed by atoms with E-state index in [1.807, 2.05) is 27.7 Å². The normalized spacial score (nSPS) is 10.9. The minimum atomic E-state index is -2.28. The molecule has 0 spiro atoms. The molecule has 0 saturated heterocycles. The summed E-state index contributed by atoms with van der Waals surface area (Å²) in [6, 6.07) is 0. The average Bonchev–Trinajstić information content (AvgIpc) is 2.31. The Morgan fingerprint density at radius 1 is 0.750 bits per heavy atom. The molecule has 0 unspecified atom stereocenters. The molecule has 124 valence electrons. The zero-order chi connectivity index (χ0) is 16.7. The van der Waals surface area contributed by atoms with E-state index in [0.717, 1.165) is 0 Å². The van der Waals surface area contributed by atoms with Gasteiger partial charge in [0.2, 0.25) is 0 Å². The summed E-state index contributed by atoms with van der Waals surface area (Å²) in [5.74, 6) is 0. The van der Waals surface area contributed by atoms with Crippen molar-refractivity contribution >= 4 is 59.5 Å². The molecule has 0 rings (SSSR count). The molecule has 0 fully saturated rings. The van der Waals surface area contributed by atoms with E-state index in [4.69, 9.17) is 69.6 Å². The Kier molecular flexibility index (Phi) is 24.0. The standard InChI is InChI=1S/2C4H11O2PS2.Mo.O/c2*1-3-5-7(8,9)6-4-2;;/h2*3-4H2,1-2H3,(H,8,9);;/p-2.